The van der Waals surface area contributed by atoms with E-state index >= 15 is 0 Å². The average Bonchev–Trinajstić information content (AvgIpc) is 2.18. The van der Waals surface area contributed by atoms with Gasteiger partial charge in [-0.15, -0.1) is 0 Å². The predicted octanol–water partition coefficient (Wildman–Crippen LogP) is 1.37. The van der Waals surface area contributed by atoms with E-state index in [0.717, 1.165) is 0 Å². The van der Waals surface area contributed by atoms with E-state index in [9.17, 15) is 9.90 Å². The van der Waals surface area contributed by atoms with E-state index in [1.165, 1.54) is 6.07 Å². The van der Waals surface area contributed by atoms with Gasteiger partial charge in [-0.25, -0.2) is 0 Å². The molecule has 78 valence electrons. The Morgan fingerprint density at radius 3 is 2.93 bits per heavy atom. The van der Waals surface area contributed by atoms with Gasteiger partial charge in [0, 0.05) is 0 Å². The number of ether oxygens (including phenoxy) is 1. The molecule has 0 fully saturated rings. The van der Waals surface area contributed by atoms with Gasteiger partial charge < -0.3 is 9.84 Å². The minimum absolute atomic E-state index is 0.00509. The van der Waals surface area contributed by atoms with E-state index in [4.69, 9.17) is 10.00 Å². The van der Waals surface area contributed by atoms with Crippen molar-refractivity contribution in [1.82, 2.24) is 0 Å². The Bertz CT molecular complexity index is 407. The van der Waals surface area contributed by atoms with Gasteiger partial charge in [-0.05, 0) is 18.6 Å². The van der Waals surface area contributed by atoms with Crippen LogP contribution < -0.4 is 0 Å². The number of nitrogens with zero attached hydrogens (tertiary/aromatic N) is 1. The van der Waals surface area contributed by atoms with Gasteiger partial charge in [0.15, 0.2) is 0 Å². The maximum Gasteiger partial charge on any atom is 0.310 e. The fraction of sp³-hybridized carbons (Fsp3) is 0.273. The van der Waals surface area contributed by atoms with Crippen molar-refractivity contribution in [2.75, 3.05) is 6.61 Å². The van der Waals surface area contributed by atoms with Gasteiger partial charge in [0.1, 0.15) is 11.8 Å². The molecule has 15 heavy (non-hydrogen) atoms. The van der Waals surface area contributed by atoms with E-state index < -0.39 is 5.97 Å². The summed E-state index contributed by atoms with van der Waals surface area (Å²) in [6.45, 7) is 2.02. The zero-order chi connectivity index (χ0) is 11.3. The Hall–Kier alpha value is -2.02. The third kappa shape index (κ3) is 2.71. The van der Waals surface area contributed by atoms with Crippen LogP contribution in [-0.2, 0) is 16.0 Å². The minimum atomic E-state index is -0.403. The summed E-state index contributed by atoms with van der Waals surface area (Å²) >= 11 is 0. The molecule has 0 aromatic heterocycles. The number of hydrogen-bond acceptors (Lipinski definition) is 4. The molecule has 0 aliphatic heterocycles. The maximum absolute atomic E-state index is 11.2. The monoisotopic (exact) mass is 205 g/mol. The van der Waals surface area contributed by atoms with Crippen molar-refractivity contribution in [3.8, 4) is 11.8 Å². The third-order valence-electron chi connectivity index (χ3n) is 1.88. The molecule has 4 nitrogen and oxygen atoms in total. The largest absolute Gasteiger partial charge is 0.507 e. The van der Waals surface area contributed by atoms with Crippen LogP contribution in [0.1, 0.15) is 18.1 Å². The Balaban J connectivity index is 2.91. The number of carbonyl (C=O) groups is 1. The normalized spacial score (nSPS) is 9.33. The lowest BCUT2D eigenvalue weighted by Gasteiger charge is -2.04. The van der Waals surface area contributed by atoms with Crippen molar-refractivity contribution in [3.05, 3.63) is 29.3 Å². The number of aromatic hydroxyl groups is 1. The van der Waals surface area contributed by atoms with E-state index in [0.29, 0.717) is 12.2 Å². The SMILES string of the molecule is CCOC(=O)Cc1cccc(O)c1C#N. The molecule has 0 aliphatic carbocycles. The maximum atomic E-state index is 11.2. The lowest BCUT2D eigenvalue weighted by atomic mass is 10.0. The molecular formula is C11H11NO3. The summed E-state index contributed by atoms with van der Waals surface area (Å²) in [7, 11) is 0. The predicted molar refractivity (Wildman–Crippen MR) is 53.2 cm³/mol. The van der Waals surface area contributed by atoms with Crippen LogP contribution in [-0.4, -0.2) is 17.7 Å². The van der Waals surface area contributed by atoms with Crippen LogP contribution in [0.25, 0.3) is 0 Å². The minimum Gasteiger partial charge on any atom is -0.507 e. The van der Waals surface area contributed by atoms with Crippen molar-refractivity contribution >= 4 is 5.97 Å². The highest BCUT2D eigenvalue weighted by atomic mass is 16.5. The Kier molecular flexibility index (Phi) is 3.69. The van der Waals surface area contributed by atoms with Crippen molar-refractivity contribution in [2.45, 2.75) is 13.3 Å². The first kappa shape index (κ1) is 11.1. The Labute approximate surface area is 87.7 Å². The first-order valence-electron chi connectivity index (χ1n) is 4.55. The second kappa shape index (κ2) is 5.01. The first-order valence-corrected chi connectivity index (χ1v) is 4.55. The topological polar surface area (TPSA) is 70.3 Å². The summed E-state index contributed by atoms with van der Waals surface area (Å²) in [5.74, 6) is -0.515. The van der Waals surface area contributed by atoms with E-state index in [1.807, 2.05) is 6.07 Å². The van der Waals surface area contributed by atoms with Crippen molar-refractivity contribution in [2.24, 2.45) is 0 Å². The van der Waals surface area contributed by atoms with Crippen LogP contribution >= 0.6 is 0 Å². The van der Waals surface area contributed by atoms with Gasteiger partial charge in [-0.1, -0.05) is 12.1 Å². The van der Waals surface area contributed by atoms with Crippen LogP contribution in [0, 0.1) is 11.3 Å². The quantitative estimate of drug-likeness (QED) is 0.756. The molecule has 1 aromatic carbocycles. The second-order valence-corrected chi connectivity index (χ2v) is 2.90. The number of hydrogen-bond donors (Lipinski definition) is 1. The molecule has 1 N–H and O–H groups in total. The van der Waals surface area contributed by atoms with Crippen LogP contribution in [0.5, 0.6) is 5.75 Å². The van der Waals surface area contributed by atoms with E-state index in [2.05, 4.69) is 0 Å². The number of benzene rings is 1. The lowest BCUT2D eigenvalue weighted by Crippen LogP contribution is -2.08. The van der Waals surface area contributed by atoms with Gasteiger partial charge in [0.2, 0.25) is 0 Å². The first-order chi connectivity index (χ1) is 7.19. The second-order valence-electron chi connectivity index (χ2n) is 2.90. The summed E-state index contributed by atoms with van der Waals surface area (Å²) in [6.07, 6.45) is 0.00509. The molecule has 4 heteroatoms. The Morgan fingerprint density at radius 1 is 1.60 bits per heavy atom. The van der Waals surface area contributed by atoms with Gasteiger partial charge in [0.05, 0.1) is 18.6 Å². The molecule has 0 atom stereocenters. The van der Waals surface area contributed by atoms with Crippen LogP contribution in [0.2, 0.25) is 0 Å². The lowest BCUT2D eigenvalue weighted by molar-refractivity contribution is -0.142. The highest BCUT2D eigenvalue weighted by Crippen LogP contribution is 2.20. The van der Waals surface area contributed by atoms with Crippen LogP contribution in [0.4, 0.5) is 0 Å². The molecule has 0 heterocycles. The summed E-state index contributed by atoms with van der Waals surface area (Å²) in [5.41, 5.74) is 0.613. The highest BCUT2D eigenvalue weighted by Gasteiger charge is 2.11. The van der Waals surface area contributed by atoms with Crippen LogP contribution in [0.15, 0.2) is 18.2 Å². The number of carbonyl (C=O) groups excluding carboxylic acids is 1. The van der Waals surface area contributed by atoms with E-state index in [1.54, 1.807) is 19.1 Å². The zero-order valence-electron chi connectivity index (χ0n) is 8.36. The summed E-state index contributed by atoms with van der Waals surface area (Å²) in [5, 5.41) is 18.1. The number of rotatable bonds is 3. The van der Waals surface area contributed by atoms with Gasteiger partial charge in [-0.3, -0.25) is 4.79 Å². The molecular weight excluding hydrogens is 194 g/mol. The molecule has 1 aromatic rings. The molecule has 0 saturated heterocycles. The van der Waals surface area contributed by atoms with Gasteiger partial charge in [0.25, 0.3) is 0 Å². The number of phenolic OH excluding ortho intramolecular Hbond substituents is 1. The summed E-state index contributed by atoms with van der Waals surface area (Å²) in [6, 6.07) is 6.47. The third-order valence-corrected chi connectivity index (χ3v) is 1.88. The standard InChI is InChI=1S/C11H11NO3/c1-2-15-11(14)6-8-4-3-5-10(13)9(8)7-12/h3-5,13H,2,6H2,1H3. The molecule has 0 unspecified atom stereocenters. The van der Waals surface area contributed by atoms with Crippen molar-refractivity contribution in [3.63, 3.8) is 0 Å². The number of esters is 1. The van der Waals surface area contributed by atoms with Gasteiger partial charge in [-0.2, -0.15) is 5.26 Å². The van der Waals surface area contributed by atoms with Crippen molar-refractivity contribution in [1.29, 1.82) is 5.26 Å². The fourth-order valence-electron chi connectivity index (χ4n) is 1.23. The van der Waals surface area contributed by atoms with Crippen molar-refractivity contribution < 1.29 is 14.6 Å². The summed E-state index contributed by atoms with van der Waals surface area (Å²) < 4.78 is 4.76. The fourth-order valence-corrected chi connectivity index (χ4v) is 1.23. The highest BCUT2D eigenvalue weighted by molar-refractivity contribution is 5.74. The molecule has 0 bridgehead atoms. The number of nitriles is 1. The number of phenols is 1. The summed E-state index contributed by atoms with van der Waals surface area (Å²) in [4.78, 5) is 11.2. The smallest absolute Gasteiger partial charge is 0.310 e. The van der Waals surface area contributed by atoms with Gasteiger partial charge >= 0.3 is 5.97 Å². The zero-order valence-corrected chi connectivity index (χ0v) is 8.36. The molecule has 0 amide bonds. The van der Waals surface area contributed by atoms with Crippen LogP contribution in [0.3, 0.4) is 0 Å². The molecule has 0 aliphatic rings. The molecule has 1 rings (SSSR count). The molecule has 0 spiro atoms. The molecule has 0 saturated carbocycles. The van der Waals surface area contributed by atoms with E-state index in [-0.39, 0.29) is 17.7 Å². The molecule has 0 radical (unpaired) electrons. The average molecular weight is 205 g/mol. The Morgan fingerprint density at radius 2 is 2.33 bits per heavy atom.